The molecule has 2 rings (SSSR count). The Hall–Kier alpha value is -1.71. The normalized spacial score (nSPS) is 17.6. The van der Waals surface area contributed by atoms with E-state index in [2.05, 4.69) is 0 Å². The van der Waals surface area contributed by atoms with Gasteiger partial charge in [-0.25, -0.2) is 0 Å². The van der Waals surface area contributed by atoms with Crippen molar-refractivity contribution < 1.29 is 14.6 Å². The molecular formula is C12H15NO3. The second-order valence-electron chi connectivity index (χ2n) is 4.16. The number of nitrogens with two attached hydrogens (primary N) is 1. The molecule has 4 nitrogen and oxygen atoms in total. The van der Waals surface area contributed by atoms with E-state index in [9.17, 15) is 9.90 Å². The number of anilines is 1. The number of rotatable bonds is 3. The number of methoxy groups -OCH3 is 1. The average Bonchev–Trinajstić information content (AvgIpc) is 2.18. The predicted octanol–water partition coefficient (Wildman–Crippen LogP) is 1.78. The van der Waals surface area contributed by atoms with E-state index in [-0.39, 0.29) is 0 Å². The number of benzene rings is 1. The second-order valence-corrected chi connectivity index (χ2v) is 4.16. The number of carboxylic acid groups (broad SMARTS) is 1. The molecule has 86 valence electrons. The third kappa shape index (κ3) is 1.33. The second kappa shape index (κ2) is 3.70. The molecular weight excluding hydrogens is 206 g/mol. The summed E-state index contributed by atoms with van der Waals surface area (Å²) in [6.07, 6.45) is 2.24. The van der Waals surface area contributed by atoms with Crippen molar-refractivity contribution in [2.45, 2.75) is 24.7 Å². The van der Waals surface area contributed by atoms with Gasteiger partial charge in [-0.05, 0) is 24.5 Å². The maximum absolute atomic E-state index is 11.4. The van der Waals surface area contributed by atoms with Crippen molar-refractivity contribution in [3.8, 4) is 5.75 Å². The first-order valence-electron chi connectivity index (χ1n) is 5.28. The molecule has 1 saturated carbocycles. The fourth-order valence-electron chi connectivity index (χ4n) is 2.27. The molecule has 0 atom stereocenters. The van der Waals surface area contributed by atoms with Crippen LogP contribution in [0.3, 0.4) is 0 Å². The minimum atomic E-state index is -0.793. The molecule has 0 spiro atoms. The van der Waals surface area contributed by atoms with Crippen LogP contribution in [0.15, 0.2) is 18.2 Å². The zero-order valence-electron chi connectivity index (χ0n) is 9.19. The van der Waals surface area contributed by atoms with Crippen molar-refractivity contribution >= 4 is 11.7 Å². The molecule has 0 heterocycles. The maximum Gasteiger partial charge on any atom is 0.314 e. The molecule has 0 aromatic heterocycles. The van der Waals surface area contributed by atoms with E-state index in [1.54, 1.807) is 18.2 Å². The Kier molecular flexibility index (Phi) is 2.50. The number of hydrogen-bond acceptors (Lipinski definition) is 3. The number of ether oxygens (including phenoxy) is 1. The topological polar surface area (TPSA) is 72.5 Å². The third-order valence-corrected chi connectivity index (χ3v) is 3.42. The van der Waals surface area contributed by atoms with Crippen LogP contribution in [0.4, 0.5) is 5.69 Å². The zero-order chi connectivity index (χ0) is 11.8. The van der Waals surface area contributed by atoms with Gasteiger partial charge >= 0.3 is 5.97 Å². The lowest BCUT2D eigenvalue weighted by atomic mass is 9.64. The van der Waals surface area contributed by atoms with Crippen molar-refractivity contribution in [3.05, 3.63) is 23.8 Å². The maximum atomic E-state index is 11.4. The Labute approximate surface area is 94.0 Å². The monoisotopic (exact) mass is 221 g/mol. The summed E-state index contributed by atoms with van der Waals surface area (Å²) in [6.45, 7) is 0. The summed E-state index contributed by atoms with van der Waals surface area (Å²) in [5.41, 5.74) is 6.28. The Morgan fingerprint density at radius 1 is 1.50 bits per heavy atom. The molecule has 3 N–H and O–H groups in total. The summed E-state index contributed by atoms with van der Waals surface area (Å²) in [6, 6.07) is 5.31. The van der Waals surface area contributed by atoms with E-state index < -0.39 is 11.4 Å². The van der Waals surface area contributed by atoms with Crippen molar-refractivity contribution in [1.82, 2.24) is 0 Å². The van der Waals surface area contributed by atoms with Gasteiger partial charge in [0.25, 0.3) is 0 Å². The Morgan fingerprint density at radius 2 is 2.19 bits per heavy atom. The standard InChI is InChI=1S/C12H15NO3/c1-16-9-5-2-4-8(10(9)13)12(11(14)15)6-3-7-12/h2,4-5H,3,6-7,13H2,1H3,(H,14,15). The molecule has 0 bridgehead atoms. The van der Waals surface area contributed by atoms with Crippen LogP contribution in [-0.2, 0) is 10.2 Å². The van der Waals surface area contributed by atoms with Gasteiger partial charge in [-0.3, -0.25) is 4.79 Å². The molecule has 0 unspecified atom stereocenters. The van der Waals surface area contributed by atoms with E-state index in [4.69, 9.17) is 10.5 Å². The number of carbonyl (C=O) groups is 1. The molecule has 0 radical (unpaired) electrons. The summed E-state index contributed by atoms with van der Waals surface area (Å²) in [5.74, 6) is -0.247. The molecule has 0 amide bonds. The first kappa shape index (κ1) is 10.8. The molecule has 1 aliphatic rings. The van der Waals surface area contributed by atoms with Crippen LogP contribution in [0.25, 0.3) is 0 Å². The Balaban J connectivity index is 2.51. The van der Waals surface area contributed by atoms with Crippen LogP contribution in [0.1, 0.15) is 24.8 Å². The Bertz CT molecular complexity index is 424. The molecule has 4 heteroatoms. The van der Waals surface area contributed by atoms with Crippen molar-refractivity contribution in [2.24, 2.45) is 0 Å². The van der Waals surface area contributed by atoms with Crippen LogP contribution < -0.4 is 10.5 Å². The summed E-state index contributed by atoms with van der Waals surface area (Å²) in [4.78, 5) is 11.4. The molecule has 1 aromatic rings. The smallest absolute Gasteiger partial charge is 0.314 e. The van der Waals surface area contributed by atoms with Gasteiger partial charge in [0, 0.05) is 0 Å². The van der Waals surface area contributed by atoms with Gasteiger partial charge < -0.3 is 15.6 Å². The molecule has 0 saturated heterocycles. The third-order valence-electron chi connectivity index (χ3n) is 3.42. The number of aliphatic carboxylic acids is 1. The van der Waals surface area contributed by atoms with Gasteiger partial charge in [-0.15, -0.1) is 0 Å². The zero-order valence-corrected chi connectivity index (χ0v) is 9.19. The average molecular weight is 221 g/mol. The number of hydrogen-bond donors (Lipinski definition) is 2. The highest BCUT2D eigenvalue weighted by atomic mass is 16.5. The fourth-order valence-corrected chi connectivity index (χ4v) is 2.27. The van der Waals surface area contributed by atoms with Crippen LogP contribution in [0.2, 0.25) is 0 Å². The SMILES string of the molecule is COc1cccc(C2(C(=O)O)CCC2)c1N. The summed E-state index contributed by atoms with van der Waals surface area (Å²) >= 11 is 0. The lowest BCUT2D eigenvalue weighted by Gasteiger charge is -2.38. The summed E-state index contributed by atoms with van der Waals surface area (Å²) < 4.78 is 5.11. The van der Waals surface area contributed by atoms with E-state index in [0.717, 1.165) is 6.42 Å². The van der Waals surface area contributed by atoms with E-state index in [0.29, 0.717) is 29.8 Å². The number of para-hydroxylation sites is 1. The van der Waals surface area contributed by atoms with E-state index in [1.807, 2.05) is 0 Å². The van der Waals surface area contributed by atoms with Crippen LogP contribution in [-0.4, -0.2) is 18.2 Å². The van der Waals surface area contributed by atoms with Crippen LogP contribution >= 0.6 is 0 Å². The first-order chi connectivity index (χ1) is 7.62. The first-order valence-corrected chi connectivity index (χ1v) is 5.28. The molecule has 1 fully saturated rings. The van der Waals surface area contributed by atoms with Gasteiger partial charge in [0.05, 0.1) is 18.2 Å². The summed E-state index contributed by atoms with van der Waals surface area (Å²) in [7, 11) is 1.53. The van der Waals surface area contributed by atoms with Crippen molar-refractivity contribution in [2.75, 3.05) is 12.8 Å². The van der Waals surface area contributed by atoms with Gasteiger partial charge in [0.2, 0.25) is 0 Å². The molecule has 1 aliphatic carbocycles. The highest BCUT2D eigenvalue weighted by Crippen LogP contribution is 2.47. The molecule has 16 heavy (non-hydrogen) atoms. The molecule has 0 aliphatic heterocycles. The molecule has 1 aromatic carbocycles. The summed E-state index contributed by atoms with van der Waals surface area (Å²) in [5, 5.41) is 9.33. The Morgan fingerprint density at radius 3 is 2.62 bits per heavy atom. The van der Waals surface area contributed by atoms with Crippen molar-refractivity contribution in [1.29, 1.82) is 0 Å². The van der Waals surface area contributed by atoms with Crippen molar-refractivity contribution in [3.63, 3.8) is 0 Å². The van der Waals surface area contributed by atoms with Crippen LogP contribution in [0.5, 0.6) is 5.75 Å². The lowest BCUT2D eigenvalue weighted by molar-refractivity contribution is -0.147. The minimum absolute atomic E-state index is 0.451. The highest BCUT2D eigenvalue weighted by Gasteiger charge is 2.47. The highest BCUT2D eigenvalue weighted by molar-refractivity contribution is 5.85. The quantitative estimate of drug-likeness (QED) is 0.763. The van der Waals surface area contributed by atoms with E-state index in [1.165, 1.54) is 7.11 Å². The minimum Gasteiger partial charge on any atom is -0.495 e. The van der Waals surface area contributed by atoms with Gasteiger partial charge in [0.15, 0.2) is 0 Å². The van der Waals surface area contributed by atoms with E-state index >= 15 is 0 Å². The lowest BCUT2D eigenvalue weighted by Crippen LogP contribution is -2.42. The number of carboxylic acids is 1. The predicted molar refractivity (Wildman–Crippen MR) is 60.6 cm³/mol. The largest absolute Gasteiger partial charge is 0.495 e. The number of nitrogen functional groups attached to an aromatic ring is 1. The van der Waals surface area contributed by atoms with Crippen LogP contribution in [0, 0.1) is 0 Å². The van der Waals surface area contributed by atoms with Gasteiger partial charge in [-0.2, -0.15) is 0 Å². The fraction of sp³-hybridized carbons (Fsp3) is 0.417. The van der Waals surface area contributed by atoms with Gasteiger partial charge in [0.1, 0.15) is 5.75 Å². The van der Waals surface area contributed by atoms with Gasteiger partial charge in [-0.1, -0.05) is 18.6 Å².